The van der Waals surface area contributed by atoms with E-state index in [0.29, 0.717) is 32.1 Å². The molecule has 1 aromatic rings. The number of carbonyl (C=O) groups excluding carboxylic acids is 1. The molecule has 5 nitrogen and oxygen atoms in total. The van der Waals surface area contributed by atoms with Crippen molar-refractivity contribution in [3.05, 3.63) is 24.3 Å². The van der Waals surface area contributed by atoms with Crippen LogP contribution in [-0.4, -0.2) is 38.4 Å². The Kier molecular flexibility index (Phi) is 4.17. The van der Waals surface area contributed by atoms with E-state index < -0.39 is 6.10 Å². The van der Waals surface area contributed by atoms with E-state index in [0.717, 1.165) is 5.69 Å². The van der Waals surface area contributed by atoms with Gasteiger partial charge in [-0.05, 0) is 25.1 Å². The van der Waals surface area contributed by atoms with Crippen LogP contribution in [0.25, 0.3) is 0 Å². The van der Waals surface area contributed by atoms with Crippen LogP contribution in [0.1, 0.15) is 6.92 Å². The number of hydrogen-bond acceptors (Lipinski definition) is 4. The smallest absolute Gasteiger partial charge is 0.258 e. The molecule has 0 spiro atoms. The summed E-state index contributed by atoms with van der Waals surface area (Å²) in [7, 11) is 0. The average Bonchev–Trinajstić information content (AvgIpc) is 2.40. The highest BCUT2D eigenvalue weighted by Gasteiger charge is 2.27. The Morgan fingerprint density at radius 3 is 2.94 bits per heavy atom. The molecule has 2 N–H and O–H groups in total. The summed E-state index contributed by atoms with van der Waals surface area (Å²) in [6.45, 7) is 3.82. The minimum atomic E-state index is -0.514. The van der Waals surface area contributed by atoms with Crippen LogP contribution in [0, 0.1) is 0 Å². The van der Waals surface area contributed by atoms with Crippen LogP contribution in [0.2, 0.25) is 0 Å². The highest BCUT2D eigenvalue weighted by molar-refractivity contribution is 5.97. The normalized spacial score (nSPS) is 19.5. The molecule has 98 valence electrons. The largest absolute Gasteiger partial charge is 0.399 e. The molecule has 1 heterocycles. The van der Waals surface area contributed by atoms with Crippen LogP contribution in [-0.2, 0) is 14.3 Å². The average molecular weight is 250 g/mol. The Labute approximate surface area is 106 Å². The van der Waals surface area contributed by atoms with Gasteiger partial charge in [-0.25, -0.2) is 0 Å². The van der Waals surface area contributed by atoms with E-state index in [1.54, 1.807) is 17.0 Å². The van der Waals surface area contributed by atoms with Gasteiger partial charge in [-0.2, -0.15) is 0 Å². The topological polar surface area (TPSA) is 64.8 Å². The molecule has 0 aliphatic carbocycles. The van der Waals surface area contributed by atoms with Gasteiger partial charge in [0.1, 0.15) is 0 Å². The molecule has 0 bridgehead atoms. The van der Waals surface area contributed by atoms with Crippen molar-refractivity contribution in [2.75, 3.05) is 37.0 Å². The zero-order valence-corrected chi connectivity index (χ0v) is 10.5. The van der Waals surface area contributed by atoms with Gasteiger partial charge in [0.15, 0.2) is 6.10 Å². The maximum Gasteiger partial charge on any atom is 0.258 e. The Hall–Kier alpha value is -1.59. The van der Waals surface area contributed by atoms with Crippen LogP contribution in [0.3, 0.4) is 0 Å². The van der Waals surface area contributed by atoms with Gasteiger partial charge in [0.05, 0.1) is 19.8 Å². The molecule has 18 heavy (non-hydrogen) atoms. The summed E-state index contributed by atoms with van der Waals surface area (Å²) in [6.07, 6.45) is -0.514. The van der Waals surface area contributed by atoms with Gasteiger partial charge >= 0.3 is 0 Å². The second-order valence-electron chi connectivity index (χ2n) is 4.11. The number of nitrogen functional groups attached to an aromatic ring is 1. The van der Waals surface area contributed by atoms with Gasteiger partial charge in [-0.15, -0.1) is 0 Å². The first-order valence-corrected chi connectivity index (χ1v) is 6.08. The third-order valence-corrected chi connectivity index (χ3v) is 2.86. The van der Waals surface area contributed by atoms with E-state index >= 15 is 0 Å². The first kappa shape index (κ1) is 12.9. The molecule has 1 amide bonds. The number of likely N-dealkylation sites (N-methyl/N-ethyl adjacent to an activating group) is 1. The number of carbonyl (C=O) groups is 1. The van der Waals surface area contributed by atoms with E-state index in [2.05, 4.69) is 0 Å². The summed E-state index contributed by atoms with van der Waals surface area (Å²) in [5.74, 6) is -0.0807. The fourth-order valence-electron chi connectivity index (χ4n) is 1.96. The number of nitrogens with zero attached hydrogens (tertiary/aromatic N) is 1. The number of anilines is 2. The lowest BCUT2D eigenvalue weighted by Crippen LogP contribution is -2.45. The van der Waals surface area contributed by atoms with Crippen molar-refractivity contribution in [3.63, 3.8) is 0 Å². The number of ether oxygens (including phenoxy) is 2. The number of hydrogen-bond donors (Lipinski definition) is 1. The van der Waals surface area contributed by atoms with Crippen LogP contribution < -0.4 is 10.6 Å². The first-order valence-electron chi connectivity index (χ1n) is 6.08. The van der Waals surface area contributed by atoms with Gasteiger partial charge in [0, 0.05) is 17.9 Å². The molecule has 2 rings (SSSR count). The summed E-state index contributed by atoms with van der Waals surface area (Å²) in [6, 6.07) is 7.27. The number of nitrogens with two attached hydrogens (primary N) is 1. The van der Waals surface area contributed by atoms with Crippen LogP contribution >= 0.6 is 0 Å². The van der Waals surface area contributed by atoms with Crippen molar-refractivity contribution < 1.29 is 14.3 Å². The lowest BCUT2D eigenvalue weighted by molar-refractivity contribution is -0.144. The highest BCUT2D eigenvalue weighted by atomic mass is 16.6. The highest BCUT2D eigenvalue weighted by Crippen LogP contribution is 2.19. The summed E-state index contributed by atoms with van der Waals surface area (Å²) in [5.41, 5.74) is 7.16. The van der Waals surface area contributed by atoms with Crippen LogP contribution in [0.15, 0.2) is 24.3 Å². The van der Waals surface area contributed by atoms with Crippen molar-refractivity contribution in [3.8, 4) is 0 Å². The third-order valence-electron chi connectivity index (χ3n) is 2.86. The predicted molar refractivity (Wildman–Crippen MR) is 69.4 cm³/mol. The third kappa shape index (κ3) is 2.80. The molecule has 1 aliphatic rings. The van der Waals surface area contributed by atoms with E-state index in [9.17, 15) is 4.79 Å². The van der Waals surface area contributed by atoms with Crippen molar-refractivity contribution in [2.24, 2.45) is 0 Å². The van der Waals surface area contributed by atoms with E-state index in [1.807, 2.05) is 19.1 Å². The quantitative estimate of drug-likeness (QED) is 0.814. The maximum absolute atomic E-state index is 12.3. The predicted octanol–water partition coefficient (Wildman–Crippen LogP) is 1.04. The molecule has 0 aromatic heterocycles. The van der Waals surface area contributed by atoms with Gasteiger partial charge in [-0.3, -0.25) is 4.79 Å². The Morgan fingerprint density at radius 2 is 2.33 bits per heavy atom. The van der Waals surface area contributed by atoms with Crippen molar-refractivity contribution in [1.82, 2.24) is 0 Å². The summed E-state index contributed by atoms with van der Waals surface area (Å²) < 4.78 is 10.7. The monoisotopic (exact) mass is 250 g/mol. The number of amides is 1. The summed E-state index contributed by atoms with van der Waals surface area (Å²) in [5, 5.41) is 0. The summed E-state index contributed by atoms with van der Waals surface area (Å²) >= 11 is 0. The zero-order valence-electron chi connectivity index (χ0n) is 10.5. The van der Waals surface area contributed by atoms with Crippen molar-refractivity contribution >= 4 is 17.3 Å². The molecule has 1 saturated heterocycles. The minimum Gasteiger partial charge on any atom is -0.399 e. The minimum absolute atomic E-state index is 0.0807. The second kappa shape index (κ2) is 5.84. The SMILES string of the molecule is CCN(C(=O)C1COCCO1)c1cccc(N)c1. The lowest BCUT2D eigenvalue weighted by Gasteiger charge is -2.28. The molecule has 1 aromatic carbocycles. The first-order chi connectivity index (χ1) is 8.72. The Balaban J connectivity index is 2.14. The molecular weight excluding hydrogens is 232 g/mol. The maximum atomic E-state index is 12.3. The van der Waals surface area contributed by atoms with Crippen LogP contribution in [0.5, 0.6) is 0 Å². The molecule has 1 aliphatic heterocycles. The lowest BCUT2D eigenvalue weighted by atomic mass is 10.2. The number of benzene rings is 1. The Morgan fingerprint density at radius 1 is 1.50 bits per heavy atom. The van der Waals surface area contributed by atoms with Crippen LogP contribution in [0.4, 0.5) is 11.4 Å². The van der Waals surface area contributed by atoms with Crippen molar-refractivity contribution in [2.45, 2.75) is 13.0 Å². The molecule has 5 heteroatoms. The number of rotatable bonds is 3. The standard InChI is InChI=1S/C13H18N2O3/c1-2-15(11-5-3-4-10(14)8-11)13(16)12-9-17-6-7-18-12/h3-5,8,12H,2,6-7,9,14H2,1H3. The molecule has 0 radical (unpaired) electrons. The van der Waals surface area contributed by atoms with E-state index in [1.165, 1.54) is 0 Å². The Bertz CT molecular complexity index is 416. The molecule has 1 atom stereocenters. The second-order valence-corrected chi connectivity index (χ2v) is 4.11. The molecule has 1 fully saturated rings. The fraction of sp³-hybridized carbons (Fsp3) is 0.462. The molecule has 1 unspecified atom stereocenters. The molecular formula is C13H18N2O3. The summed E-state index contributed by atoms with van der Waals surface area (Å²) in [4.78, 5) is 14.0. The van der Waals surface area contributed by atoms with Gasteiger partial charge in [0.2, 0.25) is 0 Å². The van der Waals surface area contributed by atoms with Gasteiger partial charge in [-0.1, -0.05) is 6.07 Å². The van der Waals surface area contributed by atoms with Gasteiger partial charge < -0.3 is 20.1 Å². The van der Waals surface area contributed by atoms with Gasteiger partial charge in [0.25, 0.3) is 5.91 Å². The zero-order chi connectivity index (χ0) is 13.0. The van der Waals surface area contributed by atoms with E-state index in [4.69, 9.17) is 15.2 Å². The van der Waals surface area contributed by atoms with E-state index in [-0.39, 0.29) is 5.91 Å². The van der Waals surface area contributed by atoms with Crippen molar-refractivity contribution in [1.29, 1.82) is 0 Å². The fourth-order valence-corrected chi connectivity index (χ4v) is 1.96. The molecule has 0 saturated carbocycles.